The molecule has 4 nitrogen and oxygen atoms in total. The van der Waals surface area contributed by atoms with Gasteiger partial charge < -0.3 is 9.47 Å². The molecule has 5 heteroatoms. The van der Waals surface area contributed by atoms with Gasteiger partial charge in [-0.15, -0.1) is 0 Å². The topological polar surface area (TPSA) is 55.9 Å². The third-order valence-electron chi connectivity index (χ3n) is 8.35. The monoisotopic (exact) mass is 362 g/mol. The summed E-state index contributed by atoms with van der Waals surface area (Å²) in [6.07, 6.45) is 4.06. The first-order valence-corrected chi connectivity index (χ1v) is 9.97. The molecule has 26 heavy (non-hydrogen) atoms. The van der Waals surface area contributed by atoms with Gasteiger partial charge in [-0.3, -0.25) is 9.59 Å². The van der Waals surface area contributed by atoms with Crippen LogP contribution in [0.3, 0.4) is 0 Å². The third-order valence-corrected chi connectivity index (χ3v) is 8.35. The summed E-state index contributed by atoms with van der Waals surface area (Å²) in [7, 11) is 0. The van der Waals surface area contributed by atoms with E-state index in [2.05, 4.69) is 13.8 Å². The highest BCUT2D eigenvalue weighted by molar-refractivity contribution is 5.92. The smallest absolute Gasteiger partial charge is 0.302 e. The quantitative estimate of drug-likeness (QED) is 0.530. The number of halogens is 1. The summed E-state index contributed by atoms with van der Waals surface area (Å²) in [5.74, 6) is 0.248. The molecule has 0 aromatic carbocycles. The second-order valence-electron chi connectivity index (χ2n) is 9.62. The lowest BCUT2D eigenvalue weighted by Gasteiger charge is -2.57. The molecule has 1 aliphatic heterocycles. The number of ketones is 1. The molecule has 5 rings (SSSR count). The molecule has 0 amide bonds. The maximum absolute atomic E-state index is 15.7. The van der Waals surface area contributed by atoms with Crippen molar-refractivity contribution in [3.63, 3.8) is 0 Å². The SMILES string of the molecule is CC(=O)OC1CC[C@H]2[C@@H]3C4OC4C4=CC(=O)CC[C@]4(C)[C@@H]3C(F)C[C@]12C. The van der Waals surface area contributed by atoms with Gasteiger partial charge in [0, 0.05) is 24.7 Å². The lowest BCUT2D eigenvalue weighted by Crippen LogP contribution is -2.58. The van der Waals surface area contributed by atoms with Crippen LogP contribution in [0.15, 0.2) is 11.6 Å². The Bertz CT molecular complexity index is 717. The van der Waals surface area contributed by atoms with E-state index in [1.165, 1.54) is 6.92 Å². The van der Waals surface area contributed by atoms with Gasteiger partial charge in [-0.1, -0.05) is 13.8 Å². The summed E-state index contributed by atoms with van der Waals surface area (Å²) in [5.41, 5.74) is 0.446. The predicted octanol–water partition coefficient (Wildman–Crippen LogP) is 3.39. The summed E-state index contributed by atoms with van der Waals surface area (Å²) in [6.45, 7) is 5.69. The van der Waals surface area contributed by atoms with Gasteiger partial charge in [0.15, 0.2) is 5.78 Å². The summed E-state index contributed by atoms with van der Waals surface area (Å²) >= 11 is 0. The van der Waals surface area contributed by atoms with Crippen LogP contribution in [0.1, 0.15) is 52.9 Å². The van der Waals surface area contributed by atoms with Crippen LogP contribution in [0, 0.1) is 28.6 Å². The largest absolute Gasteiger partial charge is 0.462 e. The average Bonchev–Trinajstić information content (AvgIpc) is 3.28. The summed E-state index contributed by atoms with van der Waals surface area (Å²) < 4.78 is 27.4. The van der Waals surface area contributed by atoms with Crippen molar-refractivity contribution < 1.29 is 23.5 Å². The summed E-state index contributed by atoms with van der Waals surface area (Å²) in [6, 6.07) is 0. The zero-order valence-electron chi connectivity index (χ0n) is 15.7. The average molecular weight is 362 g/mol. The van der Waals surface area contributed by atoms with Crippen molar-refractivity contribution >= 4 is 11.8 Å². The van der Waals surface area contributed by atoms with Crippen molar-refractivity contribution in [2.45, 2.75) is 77.4 Å². The van der Waals surface area contributed by atoms with Gasteiger partial charge in [-0.05, 0) is 54.6 Å². The Hall–Kier alpha value is -1.23. The minimum atomic E-state index is -0.954. The number of carbonyl (C=O) groups excluding carboxylic acids is 2. The second kappa shape index (κ2) is 5.18. The minimum Gasteiger partial charge on any atom is -0.462 e. The van der Waals surface area contributed by atoms with E-state index in [1.807, 2.05) is 0 Å². The van der Waals surface area contributed by atoms with E-state index in [0.29, 0.717) is 18.8 Å². The van der Waals surface area contributed by atoms with E-state index in [1.54, 1.807) is 6.08 Å². The number of hydrogen-bond acceptors (Lipinski definition) is 4. The molecule has 0 aromatic heterocycles. The molecule has 4 unspecified atom stereocenters. The first kappa shape index (κ1) is 16.9. The van der Waals surface area contributed by atoms with E-state index in [0.717, 1.165) is 24.8 Å². The molecule has 1 heterocycles. The van der Waals surface area contributed by atoms with Gasteiger partial charge in [0.2, 0.25) is 0 Å². The summed E-state index contributed by atoms with van der Waals surface area (Å²) in [5, 5.41) is 0. The first-order chi connectivity index (χ1) is 12.3. The van der Waals surface area contributed by atoms with Crippen LogP contribution in [0.5, 0.6) is 0 Å². The molecule has 9 atom stereocenters. The molecule has 1 saturated heterocycles. The number of fused-ring (bicyclic) bond motifs is 8. The Morgan fingerprint density at radius 2 is 2.12 bits per heavy atom. The second-order valence-corrected chi connectivity index (χ2v) is 9.62. The van der Waals surface area contributed by atoms with E-state index in [9.17, 15) is 9.59 Å². The first-order valence-electron chi connectivity index (χ1n) is 9.97. The van der Waals surface area contributed by atoms with Crippen molar-refractivity contribution in [1.82, 2.24) is 0 Å². The molecule has 5 aliphatic rings. The van der Waals surface area contributed by atoms with Gasteiger partial charge in [0.05, 0.1) is 6.10 Å². The Morgan fingerprint density at radius 3 is 2.85 bits per heavy atom. The predicted molar refractivity (Wildman–Crippen MR) is 92.0 cm³/mol. The summed E-state index contributed by atoms with van der Waals surface area (Å²) in [4.78, 5) is 23.5. The molecule has 0 radical (unpaired) electrons. The molecule has 0 bridgehead atoms. The fourth-order valence-corrected chi connectivity index (χ4v) is 7.20. The molecule has 3 saturated carbocycles. The van der Waals surface area contributed by atoms with Gasteiger partial charge in [0.25, 0.3) is 0 Å². The molecular weight excluding hydrogens is 335 g/mol. The van der Waals surface area contributed by atoms with Crippen LogP contribution in [0.25, 0.3) is 0 Å². The van der Waals surface area contributed by atoms with Crippen molar-refractivity contribution in [3.8, 4) is 0 Å². The van der Waals surface area contributed by atoms with Crippen LogP contribution < -0.4 is 0 Å². The fraction of sp³-hybridized carbons (Fsp3) is 0.810. The molecule has 0 spiro atoms. The number of rotatable bonds is 1. The van der Waals surface area contributed by atoms with E-state index in [-0.39, 0.29) is 52.7 Å². The number of esters is 1. The van der Waals surface area contributed by atoms with Crippen LogP contribution in [0.2, 0.25) is 0 Å². The molecular formula is C21H27FO4. The normalized spacial score (nSPS) is 54.4. The van der Waals surface area contributed by atoms with Gasteiger partial charge in [-0.2, -0.15) is 0 Å². The van der Waals surface area contributed by atoms with Crippen molar-refractivity contribution in [1.29, 1.82) is 0 Å². The fourth-order valence-electron chi connectivity index (χ4n) is 7.20. The van der Waals surface area contributed by atoms with Crippen LogP contribution in [0.4, 0.5) is 4.39 Å². The Labute approximate surface area is 153 Å². The van der Waals surface area contributed by atoms with Crippen molar-refractivity contribution in [2.24, 2.45) is 28.6 Å². The molecule has 0 N–H and O–H groups in total. The number of hydrogen-bond donors (Lipinski definition) is 0. The lowest BCUT2D eigenvalue weighted by molar-refractivity contribution is -0.162. The Morgan fingerprint density at radius 1 is 1.35 bits per heavy atom. The maximum Gasteiger partial charge on any atom is 0.302 e. The standard InChI is InChI=1S/C21H27FO4/c1-10(23)25-15-5-4-12-16-17(14(22)9-21(12,15)3)20(2)7-6-11(24)8-13(20)18-19(16)26-18/h8,12,14-19H,4-7,9H2,1-3H3/t12-,14?,15?,16-,17+,18?,19?,20-,21-/m0/s1. The van der Waals surface area contributed by atoms with E-state index >= 15 is 4.39 Å². The lowest BCUT2D eigenvalue weighted by atomic mass is 9.47. The van der Waals surface area contributed by atoms with Crippen molar-refractivity contribution in [3.05, 3.63) is 11.6 Å². The minimum absolute atomic E-state index is 0.00664. The zero-order chi connectivity index (χ0) is 18.4. The van der Waals surface area contributed by atoms with Gasteiger partial charge in [-0.25, -0.2) is 4.39 Å². The molecule has 0 aromatic rings. The van der Waals surface area contributed by atoms with Gasteiger partial charge in [0.1, 0.15) is 18.4 Å². The zero-order valence-corrected chi connectivity index (χ0v) is 15.7. The number of alkyl halides is 1. The van der Waals surface area contributed by atoms with Crippen molar-refractivity contribution in [2.75, 3.05) is 0 Å². The molecule has 4 aliphatic carbocycles. The Balaban J connectivity index is 1.54. The van der Waals surface area contributed by atoms with E-state index < -0.39 is 6.17 Å². The van der Waals surface area contributed by atoms with Crippen LogP contribution in [-0.2, 0) is 19.1 Å². The maximum atomic E-state index is 15.7. The third kappa shape index (κ3) is 2.04. The van der Waals surface area contributed by atoms with E-state index in [4.69, 9.17) is 9.47 Å². The number of ether oxygens (including phenoxy) is 2. The number of epoxide rings is 1. The van der Waals surface area contributed by atoms with Gasteiger partial charge >= 0.3 is 5.97 Å². The van der Waals surface area contributed by atoms with Crippen LogP contribution in [-0.4, -0.2) is 36.2 Å². The number of carbonyl (C=O) groups is 2. The molecule has 142 valence electrons. The highest BCUT2D eigenvalue weighted by Crippen LogP contribution is 2.69. The van der Waals surface area contributed by atoms with Crippen LogP contribution >= 0.6 is 0 Å². The highest BCUT2D eigenvalue weighted by atomic mass is 19.1. The highest BCUT2D eigenvalue weighted by Gasteiger charge is 2.71. The molecule has 4 fully saturated rings. The Kier molecular flexibility index (Phi) is 3.37.